The summed E-state index contributed by atoms with van der Waals surface area (Å²) < 4.78 is 0. The minimum atomic E-state index is -0.605. The second-order valence-electron chi connectivity index (χ2n) is 8.40. The molecule has 5 atom stereocenters. The first kappa shape index (κ1) is 17.0. The van der Waals surface area contributed by atoms with E-state index in [0.717, 1.165) is 11.1 Å². The van der Waals surface area contributed by atoms with E-state index in [-0.39, 0.29) is 11.8 Å². The quantitative estimate of drug-likeness (QED) is 0.290. The van der Waals surface area contributed by atoms with Gasteiger partial charge in [0.15, 0.2) is 0 Å². The van der Waals surface area contributed by atoms with Gasteiger partial charge in [-0.1, -0.05) is 50.1 Å². The van der Waals surface area contributed by atoms with E-state index in [1.54, 1.807) is 18.3 Å². The smallest absolute Gasteiger partial charge is 0.238 e. The van der Waals surface area contributed by atoms with Gasteiger partial charge in [0.2, 0.25) is 11.8 Å². The maximum absolute atomic E-state index is 13.5. The molecule has 1 unspecified atom stereocenters. The zero-order valence-electron chi connectivity index (χ0n) is 15.8. The van der Waals surface area contributed by atoms with E-state index in [4.69, 9.17) is 0 Å². The van der Waals surface area contributed by atoms with Crippen molar-refractivity contribution in [2.75, 3.05) is 4.90 Å². The fraction of sp³-hybridized carbons (Fsp3) is 0.476. The highest BCUT2D eigenvalue weighted by Crippen LogP contribution is 2.79. The largest absolute Gasteiger partial charge is 0.411 e. The second-order valence-corrected chi connectivity index (χ2v) is 8.40. The Morgan fingerprint density at radius 3 is 1.85 bits per heavy atom. The second kappa shape index (κ2) is 4.84. The monoisotopic (exact) mass is 352 g/mol. The molecule has 5 heteroatoms. The molecule has 4 rings (SSSR count). The Labute approximate surface area is 153 Å². The Balaban J connectivity index is 1.95. The standard InChI is InChI=1S/C21H24N2O3/c1-12-13(2)21(5)16-15(20(12,4)19(21,3)11-22-26)17(24)23(18(16)25)14-9-7-6-8-10-14/h6-11,15-16,26H,1-5H3/b22-11+/t15-,16+,19?,20+,21-. The molecule has 0 radical (unpaired) electrons. The topological polar surface area (TPSA) is 70.0 Å². The fourth-order valence-corrected chi connectivity index (χ4v) is 6.26. The molecule has 1 heterocycles. The van der Waals surface area contributed by atoms with E-state index in [1.807, 2.05) is 52.8 Å². The van der Waals surface area contributed by atoms with Crippen LogP contribution >= 0.6 is 0 Å². The third-order valence-corrected chi connectivity index (χ3v) is 8.16. The molecule has 1 aliphatic heterocycles. The summed E-state index contributed by atoms with van der Waals surface area (Å²) in [6.45, 7) is 10.2. The third kappa shape index (κ3) is 1.44. The number of hydrogen-bond donors (Lipinski definition) is 1. The van der Waals surface area contributed by atoms with Crippen molar-refractivity contribution < 1.29 is 14.8 Å². The summed E-state index contributed by atoms with van der Waals surface area (Å²) in [6, 6.07) is 9.13. The molecule has 2 aliphatic carbocycles. The lowest BCUT2D eigenvalue weighted by Gasteiger charge is -2.43. The number of allylic oxidation sites excluding steroid dienone is 2. The van der Waals surface area contributed by atoms with Crippen molar-refractivity contribution in [3.05, 3.63) is 41.5 Å². The van der Waals surface area contributed by atoms with E-state index >= 15 is 0 Å². The molecule has 2 amide bonds. The summed E-state index contributed by atoms with van der Waals surface area (Å²) in [5.41, 5.74) is 1.13. The van der Waals surface area contributed by atoms with Crippen LogP contribution < -0.4 is 4.90 Å². The van der Waals surface area contributed by atoms with Crippen LogP contribution in [0.25, 0.3) is 0 Å². The number of fused-ring (bicyclic) bond motifs is 5. The highest BCUT2D eigenvalue weighted by molar-refractivity contribution is 6.24. The summed E-state index contributed by atoms with van der Waals surface area (Å²) in [4.78, 5) is 28.3. The summed E-state index contributed by atoms with van der Waals surface area (Å²) in [5.74, 6) is -1.21. The first-order valence-corrected chi connectivity index (χ1v) is 8.97. The van der Waals surface area contributed by atoms with Gasteiger partial charge in [0, 0.05) is 16.2 Å². The molecule has 0 spiro atoms. The minimum Gasteiger partial charge on any atom is -0.411 e. The van der Waals surface area contributed by atoms with Crippen molar-refractivity contribution in [1.29, 1.82) is 0 Å². The number of rotatable bonds is 2. The number of anilines is 1. The molecular formula is C21H24N2O3. The molecule has 26 heavy (non-hydrogen) atoms. The van der Waals surface area contributed by atoms with Gasteiger partial charge >= 0.3 is 0 Å². The van der Waals surface area contributed by atoms with Crippen LogP contribution in [0.5, 0.6) is 0 Å². The Hall–Kier alpha value is -2.43. The number of para-hydroxylation sites is 1. The van der Waals surface area contributed by atoms with Crippen molar-refractivity contribution >= 4 is 23.7 Å². The van der Waals surface area contributed by atoms with Gasteiger partial charge in [-0.2, -0.15) is 0 Å². The molecule has 1 saturated heterocycles. The van der Waals surface area contributed by atoms with Crippen LogP contribution in [0.4, 0.5) is 5.69 Å². The Bertz CT molecular complexity index is 844. The van der Waals surface area contributed by atoms with Crippen molar-refractivity contribution in [2.45, 2.75) is 34.6 Å². The zero-order valence-corrected chi connectivity index (χ0v) is 15.8. The van der Waals surface area contributed by atoms with Gasteiger partial charge < -0.3 is 5.21 Å². The van der Waals surface area contributed by atoms with Crippen LogP contribution in [-0.2, 0) is 9.59 Å². The summed E-state index contributed by atoms with van der Waals surface area (Å²) in [5, 5.41) is 12.7. The molecule has 1 aromatic carbocycles. The minimum absolute atomic E-state index is 0.151. The predicted octanol–water partition coefficient (Wildman–Crippen LogP) is 3.63. The number of amides is 2. The van der Waals surface area contributed by atoms with Crippen LogP contribution in [0.3, 0.4) is 0 Å². The number of oxime groups is 1. The normalized spacial score (nSPS) is 41.7. The summed E-state index contributed by atoms with van der Waals surface area (Å²) in [6.07, 6.45) is 1.54. The highest BCUT2D eigenvalue weighted by atomic mass is 16.4. The molecule has 2 bridgehead atoms. The van der Waals surface area contributed by atoms with E-state index in [2.05, 4.69) is 5.16 Å². The Morgan fingerprint density at radius 2 is 1.42 bits per heavy atom. The van der Waals surface area contributed by atoms with Gasteiger partial charge in [-0.3, -0.25) is 9.59 Å². The Morgan fingerprint density at radius 1 is 0.962 bits per heavy atom. The molecule has 1 aromatic rings. The van der Waals surface area contributed by atoms with E-state index in [0.29, 0.717) is 5.69 Å². The third-order valence-electron chi connectivity index (χ3n) is 8.16. The van der Waals surface area contributed by atoms with Gasteiger partial charge in [-0.15, -0.1) is 5.16 Å². The lowest BCUT2D eigenvalue weighted by molar-refractivity contribution is -0.125. The number of carbonyl (C=O) groups excluding carboxylic acids is 2. The summed E-state index contributed by atoms with van der Waals surface area (Å²) in [7, 11) is 0. The van der Waals surface area contributed by atoms with Crippen LogP contribution in [0.15, 0.2) is 46.6 Å². The zero-order chi connectivity index (χ0) is 19.1. The molecule has 2 fully saturated rings. The number of imide groups is 1. The molecular weight excluding hydrogens is 328 g/mol. The fourth-order valence-electron chi connectivity index (χ4n) is 6.26. The summed E-state index contributed by atoms with van der Waals surface area (Å²) >= 11 is 0. The predicted molar refractivity (Wildman–Crippen MR) is 98.9 cm³/mol. The lowest BCUT2D eigenvalue weighted by Crippen LogP contribution is -2.47. The molecule has 1 saturated carbocycles. The number of benzene rings is 1. The molecule has 3 aliphatic rings. The average molecular weight is 352 g/mol. The molecule has 136 valence electrons. The van der Waals surface area contributed by atoms with Crippen molar-refractivity contribution in [1.82, 2.24) is 0 Å². The number of hydrogen-bond acceptors (Lipinski definition) is 4. The van der Waals surface area contributed by atoms with Crippen LogP contribution in [0.1, 0.15) is 34.6 Å². The van der Waals surface area contributed by atoms with Gasteiger partial charge in [0.1, 0.15) is 0 Å². The van der Waals surface area contributed by atoms with Crippen LogP contribution in [0, 0.1) is 28.1 Å². The van der Waals surface area contributed by atoms with Crippen LogP contribution in [0.2, 0.25) is 0 Å². The van der Waals surface area contributed by atoms with Crippen molar-refractivity contribution in [3.8, 4) is 0 Å². The maximum atomic E-state index is 13.5. The van der Waals surface area contributed by atoms with Crippen molar-refractivity contribution in [3.63, 3.8) is 0 Å². The first-order chi connectivity index (χ1) is 12.2. The highest BCUT2D eigenvalue weighted by Gasteiger charge is 2.81. The lowest BCUT2D eigenvalue weighted by atomic mass is 9.60. The number of carbonyl (C=O) groups is 2. The average Bonchev–Trinajstić information content (AvgIpc) is 3.01. The van der Waals surface area contributed by atoms with Gasteiger partial charge in [0.05, 0.1) is 23.7 Å². The first-order valence-electron chi connectivity index (χ1n) is 8.97. The SMILES string of the molecule is CC1=C(C)[C@]2(C)[C@@H]3C(=O)N(c4ccccc4)C(=O)[C@@H]3[C@@]1(C)C2(C)/C=N/O. The van der Waals surface area contributed by atoms with Gasteiger partial charge in [-0.25, -0.2) is 4.90 Å². The van der Waals surface area contributed by atoms with E-state index in [1.165, 1.54) is 4.90 Å². The molecule has 0 aromatic heterocycles. The molecule has 1 N–H and O–H groups in total. The maximum Gasteiger partial charge on any atom is 0.238 e. The van der Waals surface area contributed by atoms with Gasteiger partial charge in [0.25, 0.3) is 0 Å². The van der Waals surface area contributed by atoms with E-state index < -0.39 is 28.1 Å². The molecule has 5 nitrogen and oxygen atoms in total. The van der Waals surface area contributed by atoms with Crippen LogP contribution in [-0.4, -0.2) is 23.2 Å². The van der Waals surface area contributed by atoms with E-state index in [9.17, 15) is 14.8 Å². The number of nitrogens with zero attached hydrogens (tertiary/aromatic N) is 2. The van der Waals surface area contributed by atoms with Gasteiger partial charge in [-0.05, 0) is 26.0 Å². The van der Waals surface area contributed by atoms with Crippen molar-refractivity contribution in [2.24, 2.45) is 33.2 Å². The Kier molecular flexibility index (Phi) is 3.17.